The second-order valence-electron chi connectivity index (χ2n) is 5.03. The van der Waals surface area contributed by atoms with E-state index in [1.165, 1.54) is 6.08 Å². The summed E-state index contributed by atoms with van der Waals surface area (Å²) >= 11 is 0. The van der Waals surface area contributed by atoms with Gasteiger partial charge in [0.1, 0.15) is 0 Å². The Morgan fingerprint density at radius 2 is 2.05 bits per heavy atom. The van der Waals surface area contributed by atoms with E-state index in [0.717, 1.165) is 6.08 Å². The summed E-state index contributed by atoms with van der Waals surface area (Å²) in [5, 5.41) is 8.62. The molecule has 1 N–H and O–H groups in total. The molecule has 20 heavy (non-hydrogen) atoms. The van der Waals surface area contributed by atoms with Crippen LogP contribution in [0, 0.1) is 5.92 Å². The number of carbonyl (C=O) groups excluding carboxylic acids is 1. The Kier molecular flexibility index (Phi) is 5.97. The smallest absolute Gasteiger partial charge is 0.328 e. The second-order valence-corrected chi connectivity index (χ2v) is 5.03. The predicted molar refractivity (Wildman–Crippen MR) is 79.5 cm³/mol. The van der Waals surface area contributed by atoms with Crippen LogP contribution in [0.5, 0.6) is 0 Å². The molecule has 0 bridgehead atoms. The summed E-state index contributed by atoms with van der Waals surface area (Å²) in [4.78, 5) is 24.7. The van der Waals surface area contributed by atoms with Crippen molar-refractivity contribution in [3.63, 3.8) is 0 Å². The molecular formula is C16H21NO3. The summed E-state index contributed by atoms with van der Waals surface area (Å²) in [6.45, 7) is 7.47. The van der Waals surface area contributed by atoms with Crippen molar-refractivity contribution < 1.29 is 14.7 Å². The summed E-state index contributed by atoms with van der Waals surface area (Å²) in [6.07, 6.45) is 2.55. The van der Waals surface area contributed by atoms with Gasteiger partial charge in [-0.3, -0.25) is 4.79 Å². The topological polar surface area (TPSA) is 57.6 Å². The Hall–Kier alpha value is -2.10. The molecule has 0 fully saturated rings. The second kappa shape index (κ2) is 7.48. The van der Waals surface area contributed by atoms with Crippen LogP contribution in [0.2, 0.25) is 0 Å². The molecule has 1 aromatic rings. The first-order chi connectivity index (χ1) is 9.43. The van der Waals surface area contributed by atoms with E-state index in [1.807, 2.05) is 6.92 Å². The molecule has 0 saturated heterocycles. The van der Waals surface area contributed by atoms with Gasteiger partial charge in [-0.25, -0.2) is 4.79 Å². The summed E-state index contributed by atoms with van der Waals surface area (Å²) in [6, 6.07) is 7.00. The lowest BCUT2D eigenvalue weighted by Gasteiger charge is -2.23. The predicted octanol–water partition coefficient (Wildman–Crippen LogP) is 2.90. The zero-order valence-electron chi connectivity index (χ0n) is 12.2. The van der Waals surface area contributed by atoms with Crippen molar-refractivity contribution >= 4 is 18.0 Å². The monoisotopic (exact) mass is 275 g/mol. The first-order valence-corrected chi connectivity index (χ1v) is 6.74. The fraction of sp³-hybridized carbons (Fsp3) is 0.375. The minimum absolute atomic E-state index is 0.0215. The maximum atomic E-state index is 12.4. The SMILES string of the molecule is CCN(CC(C)C)C(=O)c1cccc(C=CC(=O)O)c1. The molecule has 4 nitrogen and oxygen atoms in total. The minimum atomic E-state index is -1.00. The Morgan fingerprint density at radius 3 is 2.60 bits per heavy atom. The molecule has 0 unspecified atom stereocenters. The zero-order valence-corrected chi connectivity index (χ0v) is 12.2. The van der Waals surface area contributed by atoms with Gasteiger partial charge < -0.3 is 10.0 Å². The van der Waals surface area contributed by atoms with Crippen LogP contribution >= 0.6 is 0 Å². The molecule has 0 atom stereocenters. The number of aliphatic carboxylic acids is 1. The number of rotatable bonds is 6. The maximum absolute atomic E-state index is 12.4. The van der Waals surface area contributed by atoms with Crippen LogP contribution in [0.4, 0.5) is 0 Å². The van der Waals surface area contributed by atoms with Gasteiger partial charge in [-0.15, -0.1) is 0 Å². The van der Waals surface area contributed by atoms with Crippen LogP contribution in [0.25, 0.3) is 6.08 Å². The highest BCUT2D eigenvalue weighted by Crippen LogP contribution is 2.11. The van der Waals surface area contributed by atoms with Crippen molar-refractivity contribution in [2.24, 2.45) is 5.92 Å². The lowest BCUT2D eigenvalue weighted by Crippen LogP contribution is -2.34. The third-order valence-electron chi connectivity index (χ3n) is 2.81. The molecular weight excluding hydrogens is 254 g/mol. The molecule has 0 aromatic heterocycles. The molecule has 1 amide bonds. The number of hydrogen-bond donors (Lipinski definition) is 1. The van der Waals surface area contributed by atoms with Crippen molar-refractivity contribution in [3.8, 4) is 0 Å². The van der Waals surface area contributed by atoms with Gasteiger partial charge in [0, 0.05) is 24.7 Å². The molecule has 1 rings (SSSR count). The highest BCUT2D eigenvalue weighted by molar-refractivity contribution is 5.95. The van der Waals surface area contributed by atoms with Crippen molar-refractivity contribution in [1.29, 1.82) is 0 Å². The quantitative estimate of drug-likeness (QED) is 0.812. The number of benzene rings is 1. The fourth-order valence-corrected chi connectivity index (χ4v) is 1.92. The third kappa shape index (κ3) is 4.88. The highest BCUT2D eigenvalue weighted by Gasteiger charge is 2.15. The average Bonchev–Trinajstić information content (AvgIpc) is 2.42. The largest absolute Gasteiger partial charge is 0.478 e. The van der Waals surface area contributed by atoms with Crippen LogP contribution in [0.3, 0.4) is 0 Å². The molecule has 0 aliphatic heterocycles. The molecule has 4 heteroatoms. The Balaban J connectivity index is 2.92. The van der Waals surface area contributed by atoms with Crippen molar-refractivity contribution in [3.05, 3.63) is 41.5 Å². The number of carboxylic acids is 1. The van der Waals surface area contributed by atoms with E-state index in [9.17, 15) is 9.59 Å². The van der Waals surface area contributed by atoms with Gasteiger partial charge >= 0.3 is 5.97 Å². The van der Waals surface area contributed by atoms with E-state index in [0.29, 0.717) is 30.1 Å². The van der Waals surface area contributed by atoms with Gasteiger partial charge in [0.25, 0.3) is 5.91 Å². The van der Waals surface area contributed by atoms with Crippen LogP contribution < -0.4 is 0 Å². The maximum Gasteiger partial charge on any atom is 0.328 e. The Labute approximate surface area is 119 Å². The summed E-state index contributed by atoms with van der Waals surface area (Å²) in [5.41, 5.74) is 1.29. The molecule has 0 heterocycles. The minimum Gasteiger partial charge on any atom is -0.478 e. The van der Waals surface area contributed by atoms with Gasteiger partial charge in [0.15, 0.2) is 0 Å². The summed E-state index contributed by atoms with van der Waals surface area (Å²) in [7, 11) is 0. The van der Waals surface area contributed by atoms with Gasteiger partial charge in [-0.2, -0.15) is 0 Å². The van der Waals surface area contributed by atoms with E-state index < -0.39 is 5.97 Å². The normalized spacial score (nSPS) is 11.0. The number of carbonyl (C=O) groups is 2. The van der Waals surface area contributed by atoms with E-state index >= 15 is 0 Å². The fourth-order valence-electron chi connectivity index (χ4n) is 1.92. The third-order valence-corrected chi connectivity index (χ3v) is 2.81. The van der Waals surface area contributed by atoms with Gasteiger partial charge in [-0.1, -0.05) is 26.0 Å². The first-order valence-electron chi connectivity index (χ1n) is 6.74. The standard InChI is InChI=1S/C16H21NO3/c1-4-17(11-12(2)3)16(20)14-7-5-6-13(10-14)8-9-15(18)19/h5-10,12H,4,11H2,1-3H3,(H,18,19). The van der Waals surface area contributed by atoms with E-state index in [4.69, 9.17) is 5.11 Å². The van der Waals surface area contributed by atoms with Crippen LogP contribution in [0.15, 0.2) is 30.3 Å². The van der Waals surface area contributed by atoms with Crippen molar-refractivity contribution in [2.75, 3.05) is 13.1 Å². The van der Waals surface area contributed by atoms with Crippen molar-refractivity contribution in [1.82, 2.24) is 4.90 Å². The van der Waals surface area contributed by atoms with Gasteiger partial charge in [-0.05, 0) is 36.6 Å². The first kappa shape index (κ1) is 16.0. The molecule has 0 saturated carbocycles. The van der Waals surface area contributed by atoms with Gasteiger partial charge in [0.2, 0.25) is 0 Å². The van der Waals surface area contributed by atoms with E-state index in [-0.39, 0.29) is 5.91 Å². The number of carboxylic acid groups (broad SMARTS) is 1. The van der Waals surface area contributed by atoms with Crippen LogP contribution in [-0.4, -0.2) is 35.0 Å². The highest BCUT2D eigenvalue weighted by atomic mass is 16.4. The van der Waals surface area contributed by atoms with Crippen molar-refractivity contribution in [2.45, 2.75) is 20.8 Å². The lowest BCUT2D eigenvalue weighted by molar-refractivity contribution is -0.131. The number of amides is 1. The molecule has 0 radical (unpaired) electrons. The van der Waals surface area contributed by atoms with E-state index in [1.54, 1.807) is 29.2 Å². The van der Waals surface area contributed by atoms with Gasteiger partial charge in [0.05, 0.1) is 0 Å². The number of nitrogens with zero attached hydrogens (tertiary/aromatic N) is 1. The molecule has 108 valence electrons. The zero-order chi connectivity index (χ0) is 15.1. The molecule has 0 aliphatic rings. The lowest BCUT2D eigenvalue weighted by atomic mass is 10.1. The Morgan fingerprint density at radius 1 is 1.35 bits per heavy atom. The summed E-state index contributed by atoms with van der Waals surface area (Å²) < 4.78 is 0. The van der Waals surface area contributed by atoms with Crippen LogP contribution in [0.1, 0.15) is 36.7 Å². The average molecular weight is 275 g/mol. The summed E-state index contributed by atoms with van der Waals surface area (Å²) in [5.74, 6) is -0.613. The molecule has 1 aromatic carbocycles. The molecule has 0 aliphatic carbocycles. The van der Waals surface area contributed by atoms with E-state index in [2.05, 4.69) is 13.8 Å². The van der Waals surface area contributed by atoms with Crippen LogP contribution in [-0.2, 0) is 4.79 Å². The molecule has 0 spiro atoms. The Bertz CT molecular complexity index is 506. The number of hydrogen-bond acceptors (Lipinski definition) is 2.